The predicted molar refractivity (Wildman–Crippen MR) is 57.6 cm³/mol. The number of hydrogen-bond acceptors (Lipinski definition) is 3. The molecule has 1 atom stereocenters. The third-order valence-electron chi connectivity index (χ3n) is 2.89. The van der Waals surface area contributed by atoms with Crippen LogP contribution in [0.4, 0.5) is 5.82 Å². The van der Waals surface area contributed by atoms with Crippen LogP contribution >= 0.6 is 0 Å². The molecule has 4 heteroatoms. The molecule has 0 amide bonds. The average molecular weight is 194 g/mol. The van der Waals surface area contributed by atoms with Gasteiger partial charge in [-0.2, -0.15) is 0 Å². The van der Waals surface area contributed by atoms with Gasteiger partial charge in [-0.1, -0.05) is 0 Å². The minimum absolute atomic E-state index is 0.568. The van der Waals surface area contributed by atoms with Crippen molar-refractivity contribution in [2.24, 2.45) is 7.05 Å². The SMILES string of the molecule is Cc1ncc(N2CCNC(C)C2)n1C. The molecule has 0 saturated carbocycles. The molecular formula is C10H18N4. The highest BCUT2D eigenvalue weighted by Gasteiger charge is 2.18. The normalized spacial score (nSPS) is 22.8. The number of imidazole rings is 1. The van der Waals surface area contributed by atoms with E-state index in [2.05, 4.69) is 33.7 Å². The molecule has 1 fully saturated rings. The minimum atomic E-state index is 0.568. The van der Waals surface area contributed by atoms with Crippen LogP contribution in [0.3, 0.4) is 0 Å². The van der Waals surface area contributed by atoms with Gasteiger partial charge in [0.2, 0.25) is 0 Å². The van der Waals surface area contributed by atoms with Crippen molar-refractivity contribution < 1.29 is 0 Å². The maximum absolute atomic E-state index is 4.32. The van der Waals surface area contributed by atoms with E-state index in [0.29, 0.717) is 6.04 Å². The highest BCUT2D eigenvalue weighted by molar-refractivity contribution is 5.39. The van der Waals surface area contributed by atoms with E-state index in [4.69, 9.17) is 0 Å². The minimum Gasteiger partial charge on any atom is -0.354 e. The average Bonchev–Trinajstić information content (AvgIpc) is 2.48. The lowest BCUT2D eigenvalue weighted by Crippen LogP contribution is -2.49. The van der Waals surface area contributed by atoms with Crippen molar-refractivity contribution in [3.05, 3.63) is 12.0 Å². The molecule has 1 N–H and O–H groups in total. The maximum atomic E-state index is 4.32. The van der Waals surface area contributed by atoms with Gasteiger partial charge >= 0.3 is 0 Å². The molecule has 78 valence electrons. The topological polar surface area (TPSA) is 33.1 Å². The van der Waals surface area contributed by atoms with Crippen molar-refractivity contribution >= 4 is 5.82 Å². The Kier molecular flexibility index (Phi) is 2.46. The van der Waals surface area contributed by atoms with E-state index in [1.807, 2.05) is 13.1 Å². The van der Waals surface area contributed by atoms with Gasteiger partial charge in [-0.3, -0.25) is 0 Å². The number of nitrogens with one attached hydrogen (secondary N) is 1. The molecule has 2 heterocycles. The molecule has 4 nitrogen and oxygen atoms in total. The van der Waals surface area contributed by atoms with Gasteiger partial charge in [0.1, 0.15) is 11.6 Å². The monoisotopic (exact) mass is 194 g/mol. The standard InChI is InChI=1S/C10H18N4/c1-8-7-14(5-4-11-8)10-6-12-9(2)13(10)3/h6,8,11H,4-5,7H2,1-3H3. The third kappa shape index (κ3) is 1.62. The van der Waals surface area contributed by atoms with Crippen LogP contribution in [0.1, 0.15) is 12.7 Å². The molecule has 1 aliphatic heterocycles. The second-order valence-electron chi connectivity index (χ2n) is 4.02. The number of anilines is 1. The summed E-state index contributed by atoms with van der Waals surface area (Å²) in [6.45, 7) is 7.46. The maximum Gasteiger partial charge on any atom is 0.128 e. The highest BCUT2D eigenvalue weighted by atomic mass is 15.3. The van der Waals surface area contributed by atoms with Crippen molar-refractivity contribution in [1.82, 2.24) is 14.9 Å². The van der Waals surface area contributed by atoms with Crippen LogP contribution in [-0.4, -0.2) is 35.2 Å². The number of piperazine rings is 1. The Hall–Kier alpha value is -1.03. The number of aromatic nitrogens is 2. The lowest BCUT2D eigenvalue weighted by Gasteiger charge is -2.33. The van der Waals surface area contributed by atoms with Crippen molar-refractivity contribution in [2.45, 2.75) is 19.9 Å². The Morgan fingerprint density at radius 1 is 1.57 bits per heavy atom. The van der Waals surface area contributed by atoms with Crippen LogP contribution in [0.2, 0.25) is 0 Å². The van der Waals surface area contributed by atoms with E-state index >= 15 is 0 Å². The van der Waals surface area contributed by atoms with Crippen LogP contribution in [-0.2, 0) is 7.05 Å². The lowest BCUT2D eigenvalue weighted by atomic mass is 10.2. The first-order chi connectivity index (χ1) is 6.68. The van der Waals surface area contributed by atoms with Crippen LogP contribution in [0.15, 0.2) is 6.20 Å². The Labute approximate surface area is 84.9 Å². The second kappa shape index (κ2) is 3.61. The van der Waals surface area contributed by atoms with Crippen molar-refractivity contribution in [2.75, 3.05) is 24.5 Å². The summed E-state index contributed by atoms with van der Waals surface area (Å²) in [6, 6.07) is 0.568. The zero-order valence-electron chi connectivity index (χ0n) is 9.12. The van der Waals surface area contributed by atoms with Crippen molar-refractivity contribution in [3.63, 3.8) is 0 Å². The van der Waals surface area contributed by atoms with Gasteiger partial charge in [0.15, 0.2) is 0 Å². The Morgan fingerprint density at radius 3 is 2.93 bits per heavy atom. The number of aryl methyl sites for hydroxylation is 1. The van der Waals surface area contributed by atoms with Crippen LogP contribution in [0.25, 0.3) is 0 Å². The quantitative estimate of drug-likeness (QED) is 0.708. The largest absolute Gasteiger partial charge is 0.354 e. The van der Waals surface area contributed by atoms with Crippen LogP contribution in [0.5, 0.6) is 0 Å². The van der Waals surface area contributed by atoms with E-state index in [1.54, 1.807) is 0 Å². The number of rotatable bonds is 1. The first kappa shape index (κ1) is 9.52. The third-order valence-corrected chi connectivity index (χ3v) is 2.89. The summed E-state index contributed by atoms with van der Waals surface area (Å²) in [6.07, 6.45) is 1.97. The Morgan fingerprint density at radius 2 is 2.36 bits per heavy atom. The molecule has 0 radical (unpaired) electrons. The number of hydrogen-bond donors (Lipinski definition) is 1. The van der Waals surface area contributed by atoms with E-state index in [9.17, 15) is 0 Å². The molecule has 1 unspecified atom stereocenters. The summed E-state index contributed by atoms with van der Waals surface area (Å²) >= 11 is 0. The highest BCUT2D eigenvalue weighted by Crippen LogP contribution is 2.16. The molecule has 0 bridgehead atoms. The Balaban J connectivity index is 2.18. The first-order valence-electron chi connectivity index (χ1n) is 5.15. The zero-order valence-corrected chi connectivity index (χ0v) is 9.12. The molecule has 1 aliphatic rings. The summed E-state index contributed by atoms with van der Waals surface area (Å²) in [5, 5.41) is 3.44. The zero-order chi connectivity index (χ0) is 10.1. The van der Waals surface area contributed by atoms with E-state index < -0.39 is 0 Å². The molecule has 0 aromatic carbocycles. The summed E-state index contributed by atoms with van der Waals surface area (Å²) in [5.41, 5.74) is 0. The fraction of sp³-hybridized carbons (Fsp3) is 0.700. The fourth-order valence-electron chi connectivity index (χ4n) is 1.92. The Bertz CT molecular complexity index is 318. The summed E-state index contributed by atoms with van der Waals surface area (Å²) in [7, 11) is 2.07. The molecule has 2 rings (SSSR count). The van der Waals surface area contributed by atoms with Crippen molar-refractivity contribution in [3.8, 4) is 0 Å². The van der Waals surface area contributed by atoms with Gasteiger partial charge in [-0.05, 0) is 13.8 Å². The van der Waals surface area contributed by atoms with Crippen LogP contribution in [0, 0.1) is 6.92 Å². The van der Waals surface area contributed by atoms with Crippen LogP contribution < -0.4 is 10.2 Å². The molecule has 1 aromatic heterocycles. The van der Waals surface area contributed by atoms with Gasteiger partial charge in [-0.15, -0.1) is 0 Å². The van der Waals surface area contributed by atoms with Gasteiger partial charge in [0.05, 0.1) is 6.20 Å². The van der Waals surface area contributed by atoms with Crippen molar-refractivity contribution in [1.29, 1.82) is 0 Å². The molecule has 14 heavy (non-hydrogen) atoms. The summed E-state index contributed by atoms with van der Waals surface area (Å²) in [4.78, 5) is 6.71. The fourth-order valence-corrected chi connectivity index (χ4v) is 1.92. The lowest BCUT2D eigenvalue weighted by molar-refractivity contribution is 0.479. The molecule has 0 spiro atoms. The second-order valence-corrected chi connectivity index (χ2v) is 4.02. The summed E-state index contributed by atoms with van der Waals surface area (Å²) < 4.78 is 2.15. The molecular weight excluding hydrogens is 176 g/mol. The first-order valence-corrected chi connectivity index (χ1v) is 5.15. The van der Waals surface area contributed by atoms with Gasteiger partial charge in [0.25, 0.3) is 0 Å². The summed E-state index contributed by atoms with van der Waals surface area (Å²) in [5.74, 6) is 2.31. The van der Waals surface area contributed by atoms with E-state index in [1.165, 1.54) is 5.82 Å². The number of nitrogens with zero attached hydrogens (tertiary/aromatic N) is 3. The van der Waals surface area contributed by atoms with Gasteiger partial charge in [-0.25, -0.2) is 4.98 Å². The molecule has 1 saturated heterocycles. The van der Waals surface area contributed by atoms with Gasteiger partial charge in [0, 0.05) is 32.7 Å². The molecule has 1 aromatic rings. The smallest absolute Gasteiger partial charge is 0.128 e. The molecule has 0 aliphatic carbocycles. The predicted octanol–water partition coefficient (Wildman–Crippen LogP) is 0.527. The van der Waals surface area contributed by atoms with E-state index in [0.717, 1.165) is 25.5 Å². The van der Waals surface area contributed by atoms with Gasteiger partial charge < -0.3 is 14.8 Å². The van der Waals surface area contributed by atoms with E-state index in [-0.39, 0.29) is 0 Å².